The molecule has 3 N–H and O–H groups in total. The van der Waals surface area contributed by atoms with Gasteiger partial charge in [0.05, 0.1) is 26.4 Å². The van der Waals surface area contributed by atoms with Crippen LogP contribution in [0.15, 0.2) is 0 Å². The third kappa shape index (κ3) is 74.1. The van der Waals surface area contributed by atoms with Gasteiger partial charge in [-0.05, 0) is 31.6 Å². The molecule has 99 heavy (non-hydrogen) atoms. The predicted molar refractivity (Wildman–Crippen MR) is 405 cm³/mol. The summed E-state index contributed by atoms with van der Waals surface area (Å²) < 4.78 is 68.7. The quantitative estimate of drug-likeness (QED) is 0.0222. The fourth-order valence-corrected chi connectivity index (χ4v) is 14.0. The zero-order valence-corrected chi connectivity index (χ0v) is 66.4. The van der Waals surface area contributed by atoms with Crippen molar-refractivity contribution >= 4 is 39.5 Å². The van der Waals surface area contributed by atoms with E-state index in [1.165, 1.54) is 244 Å². The lowest BCUT2D eigenvalue weighted by molar-refractivity contribution is -0.161. The summed E-state index contributed by atoms with van der Waals surface area (Å²) >= 11 is 0. The Kier molecular flexibility index (Phi) is 71.6. The van der Waals surface area contributed by atoms with Gasteiger partial charge in [-0.3, -0.25) is 37.3 Å². The van der Waals surface area contributed by atoms with Crippen LogP contribution in [0.1, 0.15) is 426 Å². The summed E-state index contributed by atoms with van der Waals surface area (Å²) in [7, 11) is -9.92. The molecule has 0 aromatic heterocycles. The molecule has 19 heteroatoms. The molecule has 588 valence electrons. The number of carbonyl (C=O) groups excluding carboxylic acids is 4. The number of unbranched alkanes of at least 4 members (excludes halogenated alkanes) is 52. The molecular weight excluding hydrogens is 1290 g/mol. The summed E-state index contributed by atoms with van der Waals surface area (Å²) in [6, 6.07) is 0. The van der Waals surface area contributed by atoms with E-state index in [9.17, 15) is 43.2 Å². The molecule has 0 amide bonds. The first-order valence-corrected chi connectivity index (χ1v) is 44.6. The molecule has 0 aromatic carbocycles. The van der Waals surface area contributed by atoms with Crippen LogP contribution in [0, 0.1) is 5.92 Å². The molecule has 0 aromatic rings. The molecule has 0 saturated heterocycles. The minimum atomic E-state index is -4.96. The van der Waals surface area contributed by atoms with Gasteiger partial charge in [-0.15, -0.1) is 0 Å². The SMILES string of the molecule is CCCCCCCCCCCCCCCCCCCCCC(=O)O[C@H](COC(=O)CCCCCCCCCCCCCCCCCC)COP(=O)(O)OC[C@@H](O)COP(=O)(O)OC[C@@H](COC(=O)CCCCCCCCC(C)C)OC(=O)CCCCCCCCCCCCCCCCC. The second-order valence-corrected chi connectivity index (χ2v) is 32.2. The molecule has 0 fully saturated rings. The van der Waals surface area contributed by atoms with Gasteiger partial charge in [0.2, 0.25) is 0 Å². The van der Waals surface area contributed by atoms with Gasteiger partial charge < -0.3 is 33.8 Å². The predicted octanol–water partition coefficient (Wildman–Crippen LogP) is 24.0. The maximum Gasteiger partial charge on any atom is 0.472 e. The van der Waals surface area contributed by atoms with Crippen molar-refractivity contribution in [3.8, 4) is 0 Å². The number of aliphatic hydroxyl groups is 1. The van der Waals surface area contributed by atoms with Crippen LogP contribution in [0.25, 0.3) is 0 Å². The molecule has 0 aliphatic heterocycles. The lowest BCUT2D eigenvalue weighted by Gasteiger charge is -2.21. The van der Waals surface area contributed by atoms with E-state index in [1.54, 1.807) is 0 Å². The Morgan fingerprint density at radius 3 is 0.687 bits per heavy atom. The van der Waals surface area contributed by atoms with Gasteiger partial charge in [-0.1, -0.05) is 375 Å². The fraction of sp³-hybridized carbons (Fsp3) is 0.950. The van der Waals surface area contributed by atoms with E-state index >= 15 is 0 Å². The van der Waals surface area contributed by atoms with Gasteiger partial charge in [0, 0.05) is 25.7 Å². The van der Waals surface area contributed by atoms with Crippen molar-refractivity contribution in [3.63, 3.8) is 0 Å². The monoisotopic (exact) mass is 1450 g/mol. The summed E-state index contributed by atoms with van der Waals surface area (Å²) in [4.78, 5) is 72.9. The smallest absolute Gasteiger partial charge is 0.462 e. The largest absolute Gasteiger partial charge is 0.472 e. The van der Waals surface area contributed by atoms with E-state index in [2.05, 4.69) is 34.6 Å². The number of hydrogen-bond acceptors (Lipinski definition) is 15. The van der Waals surface area contributed by atoms with E-state index in [0.29, 0.717) is 31.6 Å². The Hall–Kier alpha value is -1.94. The Morgan fingerprint density at radius 2 is 0.465 bits per heavy atom. The van der Waals surface area contributed by atoms with Crippen molar-refractivity contribution in [2.75, 3.05) is 39.6 Å². The Balaban J connectivity index is 5.22. The summed E-state index contributed by atoms with van der Waals surface area (Å²) in [6.07, 6.45) is 64.0. The van der Waals surface area contributed by atoms with Crippen molar-refractivity contribution in [2.24, 2.45) is 5.92 Å². The molecular formula is C80H156O17P2. The van der Waals surface area contributed by atoms with E-state index in [4.69, 9.17) is 37.0 Å². The van der Waals surface area contributed by atoms with Crippen molar-refractivity contribution < 1.29 is 80.2 Å². The van der Waals surface area contributed by atoms with Gasteiger partial charge in [-0.25, -0.2) is 9.13 Å². The molecule has 0 aliphatic carbocycles. The van der Waals surface area contributed by atoms with Crippen LogP contribution >= 0.6 is 15.6 Å². The molecule has 0 heterocycles. The second-order valence-electron chi connectivity index (χ2n) is 29.3. The van der Waals surface area contributed by atoms with Crippen molar-refractivity contribution in [1.82, 2.24) is 0 Å². The van der Waals surface area contributed by atoms with Crippen LogP contribution in [0.2, 0.25) is 0 Å². The molecule has 0 radical (unpaired) electrons. The van der Waals surface area contributed by atoms with Gasteiger partial charge in [-0.2, -0.15) is 0 Å². The highest BCUT2D eigenvalue weighted by molar-refractivity contribution is 7.47. The molecule has 0 rings (SSSR count). The number of carbonyl (C=O) groups is 4. The lowest BCUT2D eigenvalue weighted by Crippen LogP contribution is -2.30. The number of esters is 4. The molecule has 17 nitrogen and oxygen atoms in total. The number of rotatable bonds is 80. The maximum atomic E-state index is 13.1. The van der Waals surface area contributed by atoms with Crippen LogP contribution in [-0.4, -0.2) is 96.7 Å². The summed E-state index contributed by atoms with van der Waals surface area (Å²) in [5.41, 5.74) is 0. The number of ether oxygens (including phenoxy) is 4. The zero-order chi connectivity index (χ0) is 72.7. The maximum absolute atomic E-state index is 13.1. The van der Waals surface area contributed by atoms with Gasteiger partial charge in [0.1, 0.15) is 19.3 Å². The van der Waals surface area contributed by atoms with Crippen LogP contribution < -0.4 is 0 Å². The molecule has 0 bridgehead atoms. The average Bonchev–Trinajstić information content (AvgIpc) is 1.04. The number of phosphoric ester groups is 2. The van der Waals surface area contributed by atoms with Crippen molar-refractivity contribution in [3.05, 3.63) is 0 Å². The van der Waals surface area contributed by atoms with Gasteiger partial charge in [0.25, 0.3) is 0 Å². The van der Waals surface area contributed by atoms with Crippen LogP contribution in [0.5, 0.6) is 0 Å². The first-order valence-electron chi connectivity index (χ1n) is 41.6. The second kappa shape index (κ2) is 73.0. The third-order valence-corrected chi connectivity index (χ3v) is 20.7. The summed E-state index contributed by atoms with van der Waals surface area (Å²) in [5.74, 6) is -1.43. The highest BCUT2D eigenvalue weighted by atomic mass is 31.2. The summed E-state index contributed by atoms with van der Waals surface area (Å²) in [6.45, 7) is 7.25. The van der Waals surface area contributed by atoms with E-state index in [0.717, 1.165) is 96.3 Å². The number of aliphatic hydroxyl groups excluding tert-OH is 1. The average molecular weight is 1450 g/mol. The molecule has 0 spiro atoms. The topological polar surface area (TPSA) is 237 Å². The standard InChI is InChI=1S/C80H156O17P2/c1-6-9-12-15-18-21-24-27-30-32-33-34-37-40-43-46-49-56-61-65-79(84)96-75(69-90-77(82)63-58-53-47-44-41-38-36-31-28-25-22-19-16-13-10-7-2)71-94-98(86,87)92-67-74(81)68-93-99(88,89)95-72-76(70-91-78(83)64-59-54-51-50-52-57-62-73(4)5)97-80(85)66-60-55-48-45-42-39-35-29-26-23-20-17-14-11-8-3/h73-76,81H,6-72H2,1-5H3,(H,86,87)(H,88,89)/t74-,75-,76-/m1/s1. The lowest BCUT2D eigenvalue weighted by atomic mass is 10.0. The highest BCUT2D eigenvalue weighted by Gasteiger charge is 2.30. The Morgan fingerprint density at radius 1 is 0.273 bits per heavy atom. The highest BCUT2D eigenvalue weighted by Crippen LogP contribution is 2.45. The molecule has 5 atom stereocenters. The first kappa shape index (κ1) is 97.1. The van der Waals surface area contributed by atoms with Crippen molar-refractivity contribution in [1.29, 1.82) is 0 Å². The number of hydrogen-bond donors (Lipinski definition) is 3. The molecule has 2 unspecified atom stereocenters. The fourth-order valence-electron chi connectivity index (χ4n) is 12.4. The first-order chi connectivity index (χ1) is 48.0. The Labute approximate surface area is 607 Å². The van der Waals surface area contributed by atoms with Crippen LogP contribution in [0.4, 0.5) is 0 Å². The number of phosphoric acid groups is 2. The normalized spacial score (nSPS) is 13.9. The Bertz CT molecular complexity index is 1890. The van der Waals surface area contributed by atoms with E-state index in [-0.39, 0.29) is 25.7 Å². The van der Waals surface area contributed by atoms with Crippen molar-refractivity contribution in [2.45, 2.75) is 445 Å². The minimum Gasteiger partial charge on any atom is -0.462 e. The zero-order valence-electron chi connectivity index (χ0n) is 64.6. The molecule has 0 saturated carbocycles. The van der Waals surface area contributed by atoms with E-state index in [1.807, 2.05) is 0 Å². The molecule has 0 aliphatic rings. The van der Waals surface area contributed by atoms with Crippen LogP contribution in [0.3, 0.4) is 0 Å². The summed E-state index contributed by atoms with van der Waals surface area (Å²) in [5, 5.41) is 10.6. The minimum absolute atomic E-state index is 0.107. The van der Waals surface area contributed by atoms with Gasteiger partial charge >= 0.3 is 39.5 Å². The van der Waals surface area contributed by atoms with Gasteiger partial charge in [0.15, 0.2) is 12.2 Å². The third-order valence-electron chi connectivity index (χ3n) is 18.8. The van der Waals surface area contributed by atoms with Crippen LogP contribution in [-0.2, 0) is 65.4 Å². The van der Waals surface area contributed by atoms with E-state index < -0.39 is 97.5 Å².